The fourth-order valence-corrected chi connectivity index (χ4v) is 9.62. The van der Waals surface area contributed by atoms with Crippen molar-refractivity contribution in [2.24, 2.45) is 0 Å². The minimum Gasteiger partial charge on any atom is -0.287 e. The van der Waals surface area contributed by atoms with Crippen LogP contribution in [0.2, 0.25) is 0 Å². The van der Waals surface area contributed by atoms with E-state index in [2.05, 4.69) is 15.9 Å². The Hall–Kier alpha value is -2.05. The molecule has 1 unspecified atom stereocenters. The highest BCUT2D eigenvalue weighted by atomic mass is 79.9. The molecule has 0 N–H and O–H groups in total. The lowest BCUT2D eigenvalue weighted by molar-refractivity contribution is -0.172. The van der Waals surface area contributed by atoms with Crippen LogP contribution in [0.4, 0.5) is 18.9 Å². The zero-order valence-corrected chi connectivity index (χ0v) is 24.7. The molecule has 0 spiro atoms. The molecular formula is C29H37BrF3NO3P+. The summed E-state index contributed by atoms with van der Waals surface area (Å²) < 4.78 is 43.2. The number of amides is 1. The maximum atomic E-state index is 14.5. The van der Waals surface area contributed by atoms with E-state index in [-0.39, 0.29) is 11.3 Å². The molecule has 0 saturated heterocycles. The van der Waals surface area contributed by atoms with Crippen molar-refractivity contribution in [3.05, 3.63) is 64.6 Å². The number of hydrogen-bond acceptors (Lipinski definition) is 3. The van der Waals surface area contributed by atoms with E-state index in [1.807, 2.05) is 20.8 Å². The summed E-state index contributed by atoms with van der Waals surface area (Å²) in [4.78, 5) is 42.3. The van der Waals surface area contributed by atoms with Gasteiger partial charge in [-0.15, -0.1) is 0 Å². The Morgan fingerprint density at radius 2 is 1.29 bits per heavy atom. The van der Waals surface area contributed by atoms with Gasteiger partial charge in [0, 0.05) is 15.7 Å². The number of carbonyl (C=O) groups excluding carboxylic acids is 3. The van der Waals surface area contributed by atoms with Gasteiger partial charge in [0.2, 0.25) is 6.04 Å². The van der Waals surface area contributed by atoms with Crippen molar-refractivity contribution in [1.82, 2.24) is 0 Å². The van der Waals surface area contributed by atoms with Crippen LogP contribution in [-0.4, -0.2) is 47.9 Å². The minimum atomic E-state index is -5.29. The van der Waals surface area contributed by atoms with Crippen molar-refractivity contribution in [3.8, 4) is 0 Å². The summed E-state index contributed by atoms with van der Waals surface area (Å²) in [6.45, 7) is 5.93. The number of nitrogens with zero attached hydrogens (tertiary/aromatic N) is 1. The van der Waals surface area contributed by atoms with Crippen molar-refractivity contribution >= 4 is 46.1 Å². The molecule has 0 saturated carbocycles. The number of hydrogen-bond donors (Lipinski definition) is 0. The number of carbonyl (C=O) groups is 3. The second kappa shape index (κ2) is 14.9. The SMILES string of the molecule is CCCC[P+](CCCC)(CCCC)C(=O)C(C(=O)C(F)(F)F)N(C(=O)c1ccc(Br)cc1)c1ccccc1. The van der Waals surface area contributed by atoms with Crippen LogP contribution >= 0.6 is 23.2 Å². The lowest BCUT2D eigenvalue weighted by Gasteiger charge is -2.35. The van der Waals surface area contributed by atoms with E-state index in [4.69, 9.17) is 0 Å². The van der Waals surface area contributed by atoms with Crippen LogP contribution < -0.4 is 4.90 Å². The zero-order valence-electron chi connectivity index (χ0n) is 22.3. The van der Waals surface area contributed by atoms with Gasteiger partial charge < -0.3 is 0 Å². The van der Waals surface area contributed by atoms with Gasteiger partial charge in [-0.05, 0) is 55.7 Å². The number of ketones is 1. The molecule has 208 valence electrons. The Labute approximate surface area is 232 Å². The van der Waals surface area contributed by atoms with Crippen LogP contribution in [0.1, 0.15) is 69.7 Å². The molecule has 1 amide bonds. The van der Waals surface area contributed by atoms with E-state index in [1.165, 1.54) is 24.3 Å². The maximum Gasteiger partial charge on any atom is 0.452 e. The lowest BCUT2D eigenvalue weighted by Crippen LogP contribution is -2.55. The molecule has 1 atom stereocenters. The van der Waals surface area contributed by atoms with Gasteiger partial charge in [0.05, 0.1) is 25.7 Å². The van der Waals surface area contributed by atoms with E-state index in [0.29, 0.717) is 42.2 Å². The normalized spacial score (nSPS) is 12.7. The topological polar surface area (TPSA) is 54.5 Å². The first-order valence-electron chi connectivity index (χ1n) is 13.2. The summed E-state index contributed by atoms with van der Waals surface area (Å²) in [6.07, 6.45) is 0.576. The Bertz CT molecular complexity index is 1040. The standard InChI is InChI=1S/C29H37BrF3NO3P/c1-4-7-19-38(20-8-5-2,21-9-6-3)28(37)25(26(35)29(31,32)33)34(24-13-11-10-12-14-24)27(36)22-15-17-23(30)18-16-22/h10-18,25H,4-9,19-21H2,1-3H3/q+1. The smallest absolute Gasteiger partial charge is 0.287 e. The van der Waals surface area contributed by atoms with Gasteiger partial charge in [-0.25, -0.2) is 0 Å². The third-order valence-corrected chi connectivity index (χ3v) is 11.9. The third kappa shape index (κ3) is 8.22. The number of rotatable bonds is 15. The summed E-state index contributed by atoms with van der Waals surface area (Å²) in [5.41, 5.74) is -0.537. The molecule has 2 rings (SSSR count). The summed E-state index contributed by atoms with van der Waals surface area (Å²) in [6, 6.07) is 11.6. The first-order chi connectivity index (χ1) is 18.0. The van der Waals surface area contributed by atoms with Crippen LogP contribution in [0, 0.1) is 0 Å². The fraction of sp³-hybridized carbons (Fsp3) is 0.483. The number of anilines is 1. The molecule has 0 aliphatic heterocycles. The molecule has 4 nitrogen and oxygen atoms in total. The predicted octanol–water partition coefficient (Wildman–Crippen LogP) is 8.54. The highest BCUT2D eigenvalue weighted by Gasteiger charge is 2.58. The molecule has 0 aliphatic rings. The van der Waals surface area contributed by atoms with E-state index in [1.54, 1.807) is 30.3 Å². The molecule has 0 aliphatic carbocycles. The second-order valence-corrected chi connectivity index (χ2v) is 14.5. The number of halogens is 4. The van der Waals surface area contributed by atoms with Crippen LogP contribution in [0.25, 0.3) is 0 Å². The van der Waals surface area contributed by atoms with Gasteiger partial charge >= 0.3 is 6.18 Å². The quantitative estimate of drug-likeness (QED) is 0.149. The first-order valence-corrected chi connectivity index (χ1v) is 16.3. The van der Waals surface area contributed by atoms with Gasteiger partial charge in [-0.2, -0.15) is 13.2 Å². The number of Topliss-reactive ketones (excluding diaryl/α,β-unsaturated/α-hetero) is 1. The van der Waals surface area contributed by atoms with Crippen LogP contribution in [-0.2, 0) is 9.59 Å². The summed E-state index contributed by atoms with van der Waals surface area (Å²) in [5, 5.41) is 0. The van der Waals surface area contributed by atoms with Gasteiger partial charge in [0.25, 0.3) is 17.2 Å². The van der Waals surface area contributed by atoms with Gasteiger partial charge in [-0.1, -0.05) is 74.2 Å². The van der Waals surface area contributed by atoms with E-state index < -0.39 is 36.7 Å². The van der Waals surface area contributed by atoms with Crippen molar-refractivity contribution < 1.29 is 27.6 Å². The fourth-order valence-electron chi connectivity index (χ4n) is 4.51. The minimum absolute atomic E-state index is 0.0796. The van der Waals surface area contributed by atoms with Gasteiger partial charge in [0.15, 0.2) is 0 Å². The van der Waals surface area contributed by atoms with Crippen molar-refractivity contribution in [2.75, 3.05) is 23.4 Å². The highest BCUT2D eigenvalue weighted by molar-refractivity contribution is 9.10. The summed E-state index contributed by atoms with van der Waals surface area (Å²) >= 11 is 3.30. The molecule has 9 heteroatoms. The molecule has 0 radical (unpaired) electrons. The molecule has 38 heavy (non-hydrogen) atoms. The van der Waals surface area contributed by atoms with Crippen LogP contribution in [0.15, 0.2) is 59.1 Å². The van der Waals surface area contributed by atoms with E-state index in [0.717, 1.165) is 24.2 Å². The van der Waals surface area contributed by atoms with Crippen molar-refractivity contribution in [1.29, 1.82) is 0 Å². The second-order valence-electron chi connectivity index (χ2n) is 9.50. The lowest BCUT2D eigenvalue weighted by atomic mass is 10.1. The molecular weight excluding hydrogens is 578 g/mol. The van der Waals surface area contributed by atoms with E-state index >= 15 is 0 Å². The summed E-state index contributed by atoms with van der Waals surface area (Å²) in [5.74, 6) is -3.01. The Morgan fingerprint density at radius 1 is 0.816 bits per heavy atom. The third-order valence-electron chi connectivity index (χ3n) is 6.65. The molecule has 2 aromatic carbocycles. The molecule has 0 heterocycles. The molecule has 2 aromatic rings. The largest absolute Gasteiger partial charge is 0.452 e. The Morgan fingerprint density at radius 3 is 1.71 bits per heavy atom. The number of benzene rings is 2. The zero-order chi connectivity index (χ0) is 28.3. The maximum absolute atomic E-state index is 14.5. The van der Waals surface area contributed by atoms with Crippen LogP contribution in [0.3, 0.4) is 0 Å². The average molecular weight is 615 g/mol. The van der Waals surface area contributed by atoms with Crippen molar-refractivity contribution in [2.45, 2.75) is 71.5 Å². The number of para-hydroxylation sites is 1. The predicted molar refractivity (Wildman–Crippen MR) is 153 cm³/mol. The van der Waals surface area contributed by atoms with Gasteiger partial charge in [0.1, 0.15) is 0 Å². The highest BCUT2D eigenvalue weighted by Crippen LogP contribution is 2.63. The molecule has 0 aromatic heterocycles. The molecule has 0 fully saturated rings. The van der Waals surface area contributed by atoms with Gasteiger partial charge in [-0.3, -0.25) is 19.3 Å². The average Bonchev–Trinajstić information content (AvgIpc) is 2.90. The molecule has 0 bridgehead atoms. The first kappa shape index (κ1) is 32.2. The monoisotopic (exact) mass is 614 g/mol. The summed E-state index contributed by atoms with van der Waals surface area (Å²) in [7, 11) is -2.69. The van der Waals surface area contributed by atoms with Crippen molar-refractivity contribution in [3.63, 3.8) is 0 Å². The Balaban J connectivity index is 2.80. The number of unbranched alkanes of at least 4 members (excludes halogenated alkanes) is 3. The van der Waals surface area contributed by atoms with E-state index in [9.17, 15) is 27.6 Å². The number of alkyl halides is 3. The van der Waals surface area contributed by atoms with Crippen LogP contribution in [0.5, 0.6) is 0 Å². The Kier molecular flexibility index (Phi) is 12.6.